The number of benzene rings is 1. The third kappa shape index (κ3) is 4.37. The van der Waals surface area contributed by atoms with Gasteiger partial charge in [-0.25, -0.2) is 4.39 Å². The Hall–Kier alpha value is -1.30. The maximum atomic E-state index is 14.0. The number of halogens is 1. The Bertz CT molecular complexity index is 517. The summed E-state index contributed by atoms with van der Waals surface area (Å²) in [6.07, 6.45) is 1.63. The molecule has 1 aromatic heterocycles. The first-order valence-electron chi connectivity index (χ1n) is 6.43. The zero-order chi connectivity index (χ0) is 14.2. The van der Waals surface area contributed by atoms with Gasteiger partial charge in [0.25, 0.3) is 0 Å². The average molecular weight is 295 g/mol. The van der Waals surface area contributed by atoms with Crippen LogP contribution in [0.2, 0.25) is 0 Å². The number of furan rings is 1. The number of hydrogen-bond acceptors (Lipinski definition) is 4. The summed E-state index contributed by atoms with van der Waals surface area (Å²) in [5.74, 6) is 1.28. The fourth-order valence-corrected chi connectivity index (χ4v) is 2.77. The van der Waals surface area contributed by atoms with E-state index in [2.05, 4.69) is 5.32 Å². The second kappa shape index (κ2) is 8.09. The van der Waals surface area contributed by atoms with E-state index in [4.69, 9.17) is 9.15 Å². The third-order valence-corrected chi connectivity index (χ3v) is 3.96. The van der Waals surface area contributed by atoms with Crippen LogP contribution in [0.1, 0.15) is 11.3 Å². The highest BCUT2D eigenvalue weighted by Gasteiger charge is 2.10. The van der Waals surface area contributed by atoms with Crippen LogP contribution < -0.4 is 5.32 Å². The molecule has 3 nitrogen and oxygen atoms in total. The molecule has 1 N–H and O–H groups in total. The van der Waals surface area contributed by atoms with Crippen molar-refractivity contribution in [1.82, 2.24) is 5.32 Å². The lowest BCUT2D eigenvalue weighted by Crippen LogP contribution is -2.19. The van der Waals surface area contributed by atoms with Gasteiger partial charge in [0.15, 0.2) is 0 Å². The van der Waals surface area contributed by atoms with Crippen LogP contribution in [0.5, 0.6) is 0 Å². The van der Waals surface area contributed by atoms with Crippen molar-refractivity contribution in [2.45, 2.75) is 17.2 Å². The minimum absolute atomic E-state index is 0.187. The van der Waals surface area contributed by atoms with Crippen molar-refractivity contribution in [1.29, 1.82) is 0 Å². The Morgan fingerprint density at radius 1 is 1.30 bits per heavy atom. The second-order valence-electron chi connectivity index (χ2n) is 4.27. The first kappa shape index (κ1) is 15.1. The van der Waals surface area contributed by atoms with Crippen LogP contribution in [0.25, 0.3) is 0 Å². The number of methoxy groups -OCH3 is 1. The fourth-order valence-electron chi connectivity index (χ4n) is 1.79. The monoisotopic (exact) mass is 295 g/mol. The van der Waals surface area contributed by atoms with Gasteiger partial charge < -0.3 is 14.5 Å². The SMILES string of the molecule is COCCNCc1cccc(F)c1SCc1ccco1. The lowest BCUT2D eigenvalue weighted by atomic mass is 10.2. The lowest BCUT2D eigenvalue weighted by molar-refractivity contribution is 0.199. The van der Waals surface area contributed by atoms with E-state index in [1.165, 1.54) is 17.8 Å². The Morgan fingerprint density at radius 3 is 2.95 bits per heavy atom. The van der Waals surface area contributed by atoms with Gasteiger partial charge in [0.2, 0.25) is 0 Å². The summed E-state index contributed by atoms with van der Waals surface area (Å²) in [5, 5.41) is 3.23. The highest BCUT2D eigenvalue weighted by molar-refractivity contribution is 7.98. The predicted octanol–water partition coefficient (Wildman–Crippen LogP) is 3.45. The number of hydrogen-bond donors (Lipinski definition) is 1. The van der Waals surface area contributed by atoms with Gasteiger partial charge in [-0.05, 0) is 23.8 Å². The molecule has 1 aromatic carbocycles. The van der Waals surface area contributed by atoms with E-state index in [1.54, 1.807) is 19.4 Å². The van der Waals surface area contributed by atoms with Crippen LogP contribution in [-0.2, 0) is 17.0 Å². The zero-order valence-electron chi connectivity index (χ0n) is 11.4. The largest absolute Gasteiger partial charge is 0.468 e. The standard InChI is InChI=1S/C15H18FNO2S/c1-18-9-7-17-10-12-4-2-6-14(16)15(12)20-11-13-5-3-8-19-13/h2-6,8,17H,7,9-11H2,1H3. The maximum absolute atomic E-state index is 14.0. The Balaban J connectivity index is 1.98. The highest BCUT2D eigenvalue weighted by Crippen LogP contribution is 2.29. The summed E-state index contributed by atoms with van der Waals surface area (Å²) in [6.45, 7) is 2.01. The molecule has 0 spiro atoms. The molecule has 1 heterocycles. The molecule has 0 saturated heterocycles. The molecule has 0 unspecified atom stereocenters. The van der Waals surface area contributed by atoms with Gasteiger partial charge in [0.1, 0.15) is 11.6 Å². The van der Waals surface area contributed by atoms with Crippen molar-refractivity contribution in [3.63, 3.8) is 0 Å². The molecule has 20 heavy (non-hydrogen) atoms. The molecule has 0 aliphatic carbocycles. The first-order valence-corrected chi connectivity index (χ1v) is 7.42. The molecule has 0 radical (unpaired) electrons. The van der Waals surface area contributed by atoms with Gasteiger partial charge in [-0.3, -0.25) is 0 Å². The van der Waals surface area contributed by atoms with Crippen molar-refractivity contribution in [2.75, 3.05) is 20.3 Å². The van der Waals surface area contributed by atoms with Crippen molar-refractivity contribution in [2.24, 2.45) is 0 Å². The molecule has 5 heteroatoms. The summed E-state index contributed by atoms with van der Waals surface area (Å²) >= 11 is 1.46. The van der Waals surface area contributed by atoms with E-state index in [-0.39, 0.29) is 5.82 Å². The molecule has 0 atom stereocenters. The van der Waals surface area contributed by atoms with Crippen LogP contribution in [-0.4, -0.2) is 20.3 Å². The normalized spacial score (nSPS) is 10.9. The zero-order valence-corrected chi connectivity index (χ0v) is 12.2. The van der Waals surface area contributed by atoms with Crippen molar-refractivity contribution in [3.8, 4) is 0 Å². The van der Waals surface area contributed by atoms with E-state index in [9.17, 15) is 4.39 Å². The van der Waals surface area contributed by atoms with Gasteiger partial charge >= 0.3 is 0 Å². The van der Waals surface area contributed by atoms with Crippen molar-refractivity contribution in [3.05, 3.63) is 53.7 Å². The van der Waals surface area contributed by atoms with Crippen molar-refractivity contribution < 1.29 is 13.5 Å². The van der Waals surface area contributed by atoms with Crippen LogP contribution in [0.4, 0.5) is 4.39 Å². The van der Waals surface area contributed by atoms with Gasteiger partial charge in [-0.1, -0.05) is 12.1 Å². The first-order chi connectivity index (χ1) is 9.81. The van der Waals surface area contributed by atoms with Crippen LogP contribution in [0.15, 0.2) is 45.9 Å². The highest BCUT2D eigenvalue weighted by atomic mass is 32.2. The van der Waals surface area contributed by atoms with E-state index >= 15 is 0 Å². The third-order valence-electron chi connectivity index (χ3n) is 2.79. The number of thioether (sulfide) groups is 1. The smallest absolute Gasteiger partial charge is 0.137 e. The summed E-state index contributed by atoms with van der Waals surface area (Å²) in [6, 6.07) is 8.89. The van der Waals surface area contributed by atoms with Crippen LogP contribution in [0.3, 0.4) is 0 Å². The molecule has 0 fully saturated rings. The molecule has 108 valence electrons. The summed E-state index contributed by atoms with van der Waals surface area (Å²) in [7, 11) is 1.66. The Kier molecular flexibility index (Phi) is 6.11. The van der Waals surface area contributed by atoms with E-state index in [0.717, 1.165) is 17.9 Å². The van der Waals surface area contributed by atoms with Gasteiger partial charge in [-0.2, -0.15) is 0 Å². The molecular weight excluding hydrogens is 277 g/mol. The Labute approximate surface area is 122 Å². The van der Waals surface area contributed by atoms with Gasteiger partial charge in [-0.15, -0.1) is 11.8 Å². The number of nitrogens with one attached hydrogen (secondary N) is 1. The fraction of sp³-hybridized carbons (Fsp3) is 0.333. The minimum Gasteiger partial charge on any atom is -0.468 e. The Morgan fingerprint density at radius 2 is 2.20 bits per heavy atom. The molecule has 0 aliphatic heterocycles. The summed E-state index contributed by atoms with van der Waals surface area (Å²) < 4.78 is 24.2. The average Bonchev–Trinajstić information content (AvgIpc) is 2.96. The van der Waals surface area contributed by atoms with Gasteiger partial charge in [0, 0.05) is 25.1 Å². The minimum atomic E-state index is -0.187. The summed E-state index contributed by atoms with van der Waals surface area (Å²) in [5.41, 5.74) is 0.956. The van der Waals surface area contributed by atoms with E-state index in [0.29, 0.717) is 23.8 Å². The maximum Gasteiger partial charge on any atom is 0.137 e. The molecule has 0 saturated carbocycles. The molecule has 2 aromatic rings. The summed E-state index contributed by atoms with van der Waals surface area (Å²) in [4.78, 5) is 0.675. The number of rotatable bonds is 8. The predicted molar refractivity (Wildman–Crippen MR) is 78.3 cm³/mol. The van der Waals surface area contributed by atoms with Crippen LogP contribution >= 0.6 is 11.8 Å². The molecule has 2 rings (SSSR count). The second-order valence-corrected chi connectivity index (χ2v) is 5.25. The van der Waals surface area contributed by atoms with E-state index < -0.39 is 0 Å². The van der Waals surface area contributed by atoms with Gasteiger partial charge in [0.05, 0.1) is 18.6 Å². The number of ether oxygens (including phenoxy) is 1. The lowest BCUT2D eigenvalue weighted by Gasteiger charge is -2.10. The molecule has 0 amide bonds. The van der Waals surface area contributed by atoms with Crippen molar-refractivity contribution >= 4 is 11.8 Å². The topological polar surface area (TPSA) is 34.4 Å². The van der Waals surface area contributed by atoms with E-state index in [1.807, 2.05) is 18.2 Å². The molecule has 0 aliphatic rings. The van der Waals surface area contributed by atoms with Crippen LogP contribution in [0, 0.1) is 5.82 Å². The molecule has 0 bridgehead atoms. The molecular formula is C15H18FNO2S. The quantitative estimate of drug-likeness (QED) is 0.597.